The van der Waals surface area contributed by atoms with Crippen LogP contribution in [0.15, 0.2) is 40.8 Å². The number of benzene rings is 1. The highest BCUT2D eigenvalue weighted by molar-refractivity contribution is 5.84. The van der Waals surface area contributed by atoms with Gasteiger partial charge in [0.15, 0.2) is 0 Å². The summed E-state index contributed by atoms with van der Waals surface area (Å²) in [5.41, 5.74) is 0.813. The molecule has 180 valence electrons. The molecule has 0 N–H and O–H groups in total. The van der Waals surface area contributed by atoms with E-state index >= 15 is 0 Å². The number of hydrogen-bond acceptors (Lipinski definition) is 5. The maximum absolute atomic E-state index is 13.4. The van der Waals surface area contributed by atoms with Crippen molar-refractivity contribution in [1.29, 1.82) is 0 Å². The van der Waals surface area contributed by atoms with Gasteiger partial charge >= 0.3 is 0 Å². The molecular weight excluding hydrogens is 425 g/mol. The molecule has 0 atom stereocenters. The van der Waals surface area contributed by atoms with Gasteiger partial charge in [0.05, 0.1) is 26.3 Å². The lowest BCUT2D eigenvalue weighted by atomic mass is 10.2. The molecular formula is C25H34FN3O4. The van der Waals surface area contributed by atoms with Gasteiger partial charge in [-0.05, 0) is 43.2 Å². The Kier molecular flexibility index (Phi) is 9.45. The molecule has 1 aliphatic rings. The summed E-state index contributed by atoms with van der Waals surface area (Å²) in [6, 6.07) is 9.81. The van der Waals surface area contributed by atoms with Gasteiger partial charge in [-0.15, -0.1) is 0 Å². The molecule has 0 unspecified atom stereocenters. The van der Waals surface area contributed by atoms with Crippen LogP contribution in [0.4, 0.5) is 4.39 Å². The summed E-state index contributed by atoms with van der Waals surface area (Å²) in [5, 5.41) is 0. The molecule has 1 fully saturated rings. The highest BCUT2D eigenvalue weighted by atomic mass is 19.1. The number of nitrogens with zero attached hydrogens (tertiary/aromatic N) is 3. The van der Waals surface area contributed by atoms with Crippen LogP contribution in [0.3, 0.4) is 0 Å². The number of amides is 2. The predicted octanol–water partition coefficient (Wildman–Crippen LogP) is 3.22. The fourth-order valence-electron chi connectivity index (χ4n) is 3.81. The summed E-state index contributed by atoms with van der Waals surface area (Å²) in [6.45, 7) is 8.65. The standard InChI is InChI=1S/C25H34FN3O4/c1-3-4-24(30)28(12-11-27-13-15-32-16-14-27)19-25(31)29(18-23-10-5-20(2)33-23)17-21-6-8-22(26)9-7-21/h5-10H,3-4,11-19H2,1-2H3. The lowest BCUT2D eigenvalue weighted by molar-refractivity contribution is -0.141. The third kappa shape index (κ3) is 7.98. The number of halogens is 1. The molecule has 0 bridgehead atoms. The molecule has 33 heavy (non-hydrogen) atoms. The zero-order valence-electron chi connectivity index (χ0n) is 19.6. The molecule has 2 amide bonds. The minimum absolute atomic E-state index is 0.00403. The fourth-order valence-corrected chi connectivity index (χ4v) is 3.81. The number of aryl methyl sites for hydroxylation is 1. The van der Waals surface area contributed by atoms with Gasteiger partial charge in [-0.2, -0.15) is 0 Å². The van der Waals surface area contributed by atoms with E-state index in [1.54, 1.807) is 21.9 Å². The molecule has 1 aromatic heterocycles. The molecule has 2 heterocycles. The highest BCUT2D eigenvalue weighted by Gasteiger charge is 2.23. The summed E-state index contributed by atoms with van der Waals surface area (Å²) >= 11 is 0. The van der Waals surface area contributed by atoms with E-state index in [4.69, 9.17) is 9.15 Å². The fraction of sp³-hybridized carbons (Fsp3) is 0.520. The molecule has 1 aliphatic heterocycles. The SMILES string of the molecule is CCCC(=O)N(CCN1CCOCC1)CC(=O)N(Cc1ccc(F)cc1)Cc1ccc(C)o1. The Morgan fingerprint density at radius 2 is 1.73 bits per heavy atom. The normalized spacial score (nSPS) is 14.3. The molecule has 0 aliphatic carbocycles. The van der Waals surface area contributed by atoms with Crippen LogP contribution in [0.2, 0.25) is 0 Å². The van der Waals surface area contributed by atoms with Gasteiger partial charge in [-0.3, -0.25) is 14.5 Å². The van der Waals surface area contributed by atoms with Crippen LogP contribution in [0, 0.1) is 12.7 Å². The van der Waals surface area contributed by atoms with Gasteiger partial charge in [0.25, 0.3) is 0 Å². The van der Waals surface area contributed by atoms with Crippen LogP contribution in [0.1, 0.15) is 36.8 Å². The number of hydrogen-bond donors (Lipinski definition) is 0. The Labute approximate surface area is 195 Å². The first kappa shape index (κ1) is 24.9. The van der Waals surface area contributed by atoms with Crippen molar-refractivity contribution < 1.29 is 23.1 Å². The van der Waals surface area contributed by atoms with E-state index in [-0.39, 0.29) is 30.7 Å². The molecule has 0 saturated carbocycles. The Balaban J connectivity index is 1.70. The first-order valence-electron chi connectivity index (χ1n) is 11.6. The topological polar surface area (TPSA) is 66.2 Å². The second-order valence-electron chi connectivity index (χ2n) is 8.41. The average Bonchev–Trinajstić information content (AvgIpc) is 3.22. The zero-order valence-corrected chi connectivity index (χ0v) is 19.6. The van der Waals surface area contributed by atoms with E-state index in [1.165, 1.54) is 12.1 Å². The lowest BCUT2D eigenvalue weighted by Gasteiger charge is -2.31. The summed E-state index contributed by atoms with van der Waals surface area (Å²) < 4.78 is 24.4. The van der Waals surface area contributed by atoms with Crippen LogP contribution < -0.4 is 0 Å². The van der Waals surface area contributed by atoms with E-state index in [0.717, 1.165) is 30.8 Å². The Bertz CT molecular complexity index is 893. The van der Waals surface area contributed by atoms with E-state index in [0.29, 0.717) is 45.0 Å². The molecule has 1 saturated heterocycles. The number of furan rings is 1. The minimum atomic E-state index is -0.322. The van der Waals surface area contributed by atoms with Gasteiger partial charge in [-0.1, -0.05) is 19.1 Å². The van der Waals surface area contributed by atoms with Crippen LogP contribution in [0.25, 0.3) is 0 Å². The van der Waals surface area contributed by atoms with Crippen molar-refractivity contribution in [2.45, 2.75) is 39.8 Å². The van der Waals surface area contributed by atoms with Crippen molar-refractivity contribution in [2.75, 3.05) is 45.9 Å². The second-order valence-corrected chi connectivity index (χ2v) is 8.41. The molecule has 1 aromatic carbocycles. The maximum Gasteiger partial charge on any atom is 0.242 e. The Morgan fingerprint density at radius 1 is 1.00 bits per heavy atom. The average molecular weight is 460 g/mol. The summed E-state index contributed by atoms with van der Waals surface area (Å²) in [6.07, 6.45) is 1.14. The number of morpholine rings is 1. The first-order chi connectivity index (χ1) is 15.9. The monoisotopic (exact) mass is 459 g/mol. The van der Waals surface area contributed by atoms with Crippen LogP contribution in [-0.4, -0.2) is 72.5 Å². The summed E-state index contributed by atoms with van der Waals surface area (Å²) in [5.74, 6) is 0.930. The Morgan fingerprint density at radius 3 is 2.36 bits per heavy atom. The van der Waals surface area contributed by atoms with Gasteiger partial charge in [0.1, 0.15) is 17.3 Å². The van der Waals surface area contributed by atoms with Crippen molar-refractivity contribution in [3.63, 3.8) is 0 Å². The van der Waals surface area contributed by atoms with Gasteiger partial charge in [-0.25, -0.2) is 4.39 Å². The van der Waals surface area contributed by atoms with Gasteiger partial charge in [0, 0.05) is 39.1 Å². The van der Waals surface area contributed by atoms with Crippen molar-refractivity contribution in [2.24, 2.45) is 0 Å². The largest absolute Gasteiger partial charge is 0.464 e. The third-order valence-corrected chi connectivity index (χ3v) is 5.71. The lowest BCUT2D eigenvalue weighted by Crippen LogP contribution is -2.47. The van der Waals surface area contributed by atoms with Crippen molar-refractivity contribution in [3.8, 4) is 0 Å². The summed E-state index contributed by atoms with van der Waals surface area (Å²) in [4.78, 5) is 31.7. The molecule has 7 nitrogen and oxygen atoms in total. The highest BCUT2D eigenvalue weighted by Crippen LogP contribution is 2.15. The molecule has 0 spiro atoms. The third-order valence-electron chi connectivity index (χ3n) is 5.71. The van der Waals surface area contributed by atoms with E-state index in [2.05, 4.69) is 4.90 Å². The van der Waals surface area contributed by atoms with Gasteiger partial charge in [0.2, 0.25) is 11.8 Å². The number of carbonyl (C=O) groups excluding carboxylic acids is 2. The number of ether oxygens (including phenoxy) is 1. The van der Waals surface area contributed by atoms with Crippen molar-refractivity contribution in [3.05, 3.63) is 59.3 Å². The number of carbonyl (C=O) groups is 2. The molecule has 0 radical (unpaired) electrons. The molecule has 8 heteroatoms. The van der Waals surface area contributed by atoms with Crippen LogP contribution in [-0.2, 0) is 27.4 Å². The summed E-state index contributed by atoms with van der Waals surface area (Å²) in [7, 11) is 0. The Hall–Kier alpha value is -2.71. The van der Waals surface area contributed by atoms with Crippen molar-refractivity contribution in [1.82, 2.24) is 14.7 Å². The van der Waals surface area contributed by atoms with E-state index in [9.17, 15) is 14.0 Å². The first-order valence-corrected chi connectivity index (χ1v) is 11.6. The zero-order chi connectivity index (χ0) is 23.6. The maximum atomic E-state index is 13.4. The second kappa shape index (κ2) is 12.5. The van der Waals surface area contributed by atoms with Crippen LogP contribution >= 0.6 is 0 Å². The minimum Gasteiger partial charge on any atom is -0.464 e. The van der Waals surface area contributed by atoms with Crippen molar-refractivity contribution >= 4 is 11.8 Å². The van der Waals surface area contributed by atoms with Crippen LogP contribution in [0.5, 0.6) is 0 Å². The molecule has 2 aromatic rings. The smallest absolute Gasteiger partial charge is 0.242 e. The quantitative estimate of drug-likeness (QED) is 0.516. The van der Waals surface area contributed by atoms with E-state index < -0.39 is 0 Å². The van der Waals surface area contributed by atoms with E-state index in [1.807, 2.05) is 26.0 Å². The predicted molar refractivity (Wildman–Crippen MR) is 123 cm³/mol. The van der Waals surface area contributed by atoms with Gasteiger partial charge < -0.3 is 19.0 Å². The number of rotatable bonds is 11. The molecule has 3 rings (SSSR count).